The predicted molar refractivity (Wildman–Crippen MR) is 63.3 cm³/mol. The van der Waals surface area contributed by atoms with Gasteiger partial charge in [0.15, 0.2) is 11.2 Å². The van der Waals surface area contributed by atoms with Crippen molar-refractivity contribution in [3.05, 3.63) is 0 Å². The van der Waals surface area contributed by atoms with Gasteiger partial charge in [-0.05, 0) is 27.7 Å². The Morgan fingerprint density at radius 1 is 1.40 bits per heavy atom. The van der Waals surface area contributed by atoms with E-state index in [1.807, 2.05) is 33.8 Å². The molecule has 0 aliphatic heterocycles. The molecule has 0 amide bonds. The molecule has 15 heavy (non-hydrogen) atoms. The van der Waals surface area contributed by atoms with Gasteiger partial charge in [0.25, 0.3) is 0 Å². The minimum Gasteiger partial charge on any atom is -0.198 e. The molecule has 4 nitrogen and oxygen atoms in total. The van der Waals surface area contributed by atoms with E-state index in [1.54, 1.807) is 4.67 Å². The molecule has 88 valence electrons. The zero-order valence-electron chi connectivity index (χ0n) is 9.64. The SMILES string of the molecule is CC(C)N(C(C)C)[P+](O)(Cl)OCCC#N. The first-order chi connectivity index (χ1) is 6.83. The maximum atomic E-state index is 10.0. The highest BCUT2D eigenvalue weighted by Gasteiger charge is 2.48. The van der Waals surface area contributed by atoms with Crippen LogP contribution < -0.4 is 0 Å². The molecule has 1 unspecified atom stereocenters. The van der Waals surface area contributed by atoms with E-state index >= 15 is 0 Å². The molecule has 0 rings (SSSR count). The summed E-state index contributed by atoms with van der Waals surface area (Å²) < 4.78 is 6.93. The van der Waals surface area contributed by atoms with Crippen molar-refractivity contribution in [2.24, 2.45) is 0 Å². The molecule has 0 aromatic heterocycles. The van der Waals surface area contributed by atoms with Crippen LogP contribution in [-0.2, 0) is 4.52 Å². The number of rotatable bonds is 6. The van der Waals surface area contributed by atoms with E-state index in [0.717, 1.165) is 0 Å². The maximum absolute atomic E-state index is 10.0. The Labute approximate surface area is 97.1 Å². The van der Waals surface area contributed by atoms with E-state index in [4.69, 9.17) is 21.0 Å². The van der Waals surface area contributed by atoms with Gasteiger partial charge in [-0.25, -0.2) is 0 Å². The van der Waals surface area contributed by atoms with Gasteiger partial charge in [0.05, 0.1) is 12.5 Å². The lowest BCUT2D eigenvalue weighted by Crippen LogP contribution is -2.35. The van der Waals surface area contributed by atoms with Gasteiger partial charge in [-0.3, -0.25) is 0 Å². The van der Waals surface area contributed by atoms with Crippen LogP contribution in [0.3, 0.4) is 0 Å². The molecule has 0 saturated heterocycles. The molecule has 0 bridgehead atoms. The van der Waals surface area contributed by atoms with Gasteiger partial charge >= 0.3 is 7.22 Å². The summed E-state index contributed by atoms with van der Waals surface area (Å²) in [4.78, 5) is 10.0. The first-order valence-electron chi connectivity index (χ1n) is 4.94. The van der Waals surface area contributed by atoms with Gasteiger partial charge in [-0.2, -0.15) is 14.7 Å². The fraction of sp³-hybridized carbons (Fsp3) is 0.889. The molecule has 1 atom stereocenters. The third-order valence-corrected chi connectivity index (χ3v) is 4.63. The fourth-order valence-corrected chi connectivity index (χ4v) is 4.29. The molecular weight excluding hydrogens is 235 g/mol. The Balaban J connectivity index is 4.44. The van der Waals surface area contributed by atoms with Crippen molar-refractivity contribution in [2.45, 2.75) is 46.2 Å². The number of hydrogen-bond acceptors (Lipinski definition) is 4. The largest absolute Gasteiger partial charge is 0.455 e. The summed E-state index contributed by atoms with van der Waals surface area (Å²) in [5, 5.41) is 8.36. The van der Waals surface area contributed by atoms with Gasteiger partial charge in [0.2, 0.25) is 0 Å². The molecule has 0 fully saturated rings. The normalized spacial score (nSPS) is 15.7. The van der Waals surface area contributed by atoms with Crippen molar-refractivity contribution >= 4 is 18.5 Å². The quantitative estimate of drug-likeness (QED) is 0.584. The lowest BCUT2D eigenvalue weighted by atomic mass is 10.3. The van der Waals surface area contributed by atoms with Crippen LogP contribution in [0, 0.1) is 11.3 Å². The van der Waals surface area contributed by atoms with Crippen molar-refractivity contribution in [3.63, 3.8) is 0 Å². The molecule has 0 radical (unpaired) electrons. The molecule has 0 spiro atoms. The molecule has 0 heterocycles. The summed E-state index contributed by atoms with van der Waals surface area (Å²) in [7, 11) is -3.04. The second-order valence-electron chi connectivity index (χ2n) is 3.78. The van der Waals surface area contributed by atoms with Crippen LogP contribution >= 0.6 is 18.5 Å². The van der Waals surface area contributed by atoms with E-state index in [-0.39, 0.29) is 25.1 Å². The summed E-state index contributed by atoms with van der Waals surface area (Å²) in [6.07, 6.45) is 0.235. The van der Waals surface area contributed by atoms with Crippen LogP contribution in [0.5, 0.6) is 0 Å². The molecule has 0 saturated carbocycles. The van der Waals surface area contributed by atoms with Crippen molar-refractivity contribution in [1.82, 2.24) is 4.67 Å². The Morgan fingerprint density at radius 3 is 2.20 bits per heavy atom. The average Bonchev–Trinajstić information content (AvgIpc) is 2.01. The number of nitrogens with zero attached hydrogens (tertiary/aromatic N) is 2. The third-order valence-electron chi connectivity index (χ3n) is 1.81. The Bertz CT molecular complexity index is 221. The Morgan fingerprint density at radius 2 is 1.87 bits per heavy atom. The number of hydrogen-bond donors (Lipinski definition) is 1. The lowest BCUT2D eigenvalue weighted by Gasteiger charge is -2.29. The third kappa shape index (κ3) is 5.10. The molecule has 0 aromatic rings. The van der Waals surface area contributed by atoms with Crippen LogP contribution in [0.2, 0.25) is 0 Å². The standard InChI is InChI=1S/C9H19ClN2O2P/c1-8(2)12(9(3)4)15(10,13)14-7-5-6-11/h8-9,13H,5,7H2,1-4H3/q+1. The lowest BCUT2D eigenvalue weighted by molar-refractivity contribution is 0.208. The van der Waals surface area contributed by atoms with Gasteiger partial charge in [0.1, 0.15) is 6.61 Å². The maximum Gasteiger partial charge on any atom is 0.455 e. The highest BCUT2D eigenvalue weighted by molar-refractivity contribution is 7.88. The highest BCUT2D eigenvalue weighted by Crippen LogP contribution is 2.65. The molecule has 0 aliphatic rings. The topological polar surface area (TPSA) is 56.5 Å². The minimum atomic E-state index is -3.04. The van der Waals surface area contributed by atoms with Gasteiger partial charge in [-0.1, -0.05) is 0 Å². The number of nitriles is 1. The summed E-state index contributed by atoms with van der Waals surface area (Å²) >= 11 is 5.99. The zero-order valence-corrected chi connectivity index (χ0v) is 11.3. The average molecular weight is 254 g/mol. The monoisotopic (exact) mass is 253 g/mol. The van der Waals surface area contributed by atoms with E-state index in [1.165, 1.54) is 0 Å². The zero-order chi connectivity index (χ0) is 12.1. The summed E-state index contributed by atoms with van der Waals surface area (Å²) in [5.41, 5.74) is 0. The molecule has 0 aliphatic carbocycles. The van der Waals surface area contributed by atoms with E-state index in [2.05, 4.69) is 0 Å². The first-order valence-corrected chi connectivity index (χ1v) is 7.46. The van der Waals surface area contributed by atoms with Crippen LogP contribution in [-0.4, -0.2) is 28.3 Å². The van der Waals surface area contributed by atoms with E-state index in [9.17, 15) is 4.89 Å². The molecule has 1 N–H and O–H groups in total. The van der Waals surface area contributed by atoms with Crippen molar-refractivity contribution in [2.75, 3.05) is 6.61 Å². The summed E-state index contributed by atoms with van der Waals surface area (Å²) in [6, 6.07) is 2.14. The first kappa shape index (κ1) is 15.1. The van der Waals surface area contributed by atoms with Crippen LogP contribution in [0.15, 0.2) is 0 Å². The van der Waals surface area contributed by atoms with Crippen molar-refractivity contribution < 1.29 is 9.42 Å². The molecule has 0 aromatic carbocycles. The number of halogens is 1. The fourth-order valence-electron chi connectivity index (χ4n) is 1.44. The molecular formula is C9H19ClN2O2P+. The predicted octanol–water partition coefficient (Wildman–Crippen LogP) is 2.94. The Kier molecular flexibility index (Phi) is 6.66. The Hall–Kier alpha value is 0.0900. The second-order valence-corrected chi connectivity index (χ2v) is 6.77. The highest BCUT2D eigenvalue weighted by atomic mass is 35.7. The van der Waals surface area contributed by atoms with Crippen molar-refractivity contribution in [3.8, 4) is 6.07 Å². The second kappa shape index (κ2) is 6.62. The van der Waals surface area contributed by atoms with Gasteiger partial charge in [-0.15, -0.1) is 4.67 Å². The van der Waals surface area contributed by atoms with Crippen molar-refractivity contribution in [1.29, 1.82) is 5.26 Å². The van der Waals surface area contributed by atoms with E-state index in [0.29, 0.717) is 0 Å². The van der Waals surface area contributed by atoms with Gasteiger partial charge in [0, 0.05) is 12.1 Å². The smallest absolute Gasteiger partial charge is 0.198 e. The summed E-state index contributed by atoms with van der Waals surface area (Å²) in [6.45, 7) is 7.95. The van der Waals surface area contributed by atoms with Gasteiger partial charge < -0.3 is 0 Å². The van der Waals surface area contributed by atoms with E-state index < -0.39 is 7.22 Å². The minimum absolute atomic E-state index is 0.0999. The van der Waals surface area contributed by atoms with Crippen LogP contribution in [0.25, 0.3) is 0 Å². The summed E-state index contributed by atoms with van der Waals surface area (Å²) in [5.74, 6) is 0. The van der Waals surface area contributed by atoms with Crippen LogP contribution in [0.4, 0.5) is 0 Å². The van der Waals surface area contributed by atoms with Crippen LogP contribution in [0.1, 0.15) is 34.1 Å². The molecule has 6 heteroatoms.